The van der Waals surface area contributed by atoms with Gasteiger partial charge in [0.15, 0.2) is 6.10 Å². The predicted molar refractivity (Wildman–Crippen MR) is 101 cm³/mol. The lowest BCUT2D eigenvalue weighted by Gasteiger charge is -2.37. The lowest BCUT2D eigenvalue weighted by Crippen LogP contribution is -2.52. The highest BCUT2D eigenvalue weighted by Gasteiger charge is 2.32. The fourth-order valence-electron chi connectivity index (χ4n) is 3.24. The average molecular weight is 392 g/mol. The third kappa shape index (κ3) is 4.77. The molecule has 3 rings (SSSR count). The molecule has 0 radical (unpaired) electrons. The molecule has 7 heteroatoms. The number of hydrogen-bond acceptors (Lipinski definition) is 3. The molecule has 0 aliphatic carbocycles. The van der Waals surface area contributed by atoms with Crippen LogP contribution in [0.1, 0.15) is 18.9 Å². The Morgan fingerprint density at radius 1 is 1.04 bits per heavy atom. The summed E-state index contributed by atoms with van der Waals surface area (Å²) in [6.45, 7) is 3.75. The van der Waals surface area contributed by atoms with E-state index in [1.165, 1.54) is 6.07 Å². The van der Waals surface area contributed by atoms with Crippen LogP contribution >= 0.6 is 0 Å². The molecule has 1 atom stereocenters. The SMILES string of the molecule is CC[C@@H](Oc1ccccc1)C(=O)N1CCN(c2cccc(C(F)(F)F)c2)CC1. The molecular formula is C21H23F3N2O2. The van der Waals surface area contributed by atoms with Gasteiger partial charge in [0.05, 0.1) is 5.56 Å². The summed E-state index contributed by atoms with van der Waals surface area (Å²) in [5.74, 6) is 0.556. The van der Waals surface area contributed by atoms with E-state index in [0.717, 1.165) is 12.1 Å². The molecule has 2 aromatic carbocycles. The van der Waals surface area contributed by atoms with Crippen LogP contribution in [-0.4, -0.2) is 43.1 Å². The van der Waals surface area contributed by atoms with Gasteiger partial charge < -0.3 is 14.5 Å². The Morgan fingerprint density at radius 2 is 1.71 bits per heavy atom. The zero-order valence-corrected chi connectivity index (χ0v) is 15.7. The lowest BCUT2D eigenvalue weighted by atomic mass is 10.1. The van der Waals surface area contributed by atoms with Crippen molar-refractivity contribution in [2.24, 2.45) is 0 Å². The molecule has 150 valence electrons. The second kappa shape index (κ2) is 8.54. The number of ether oxygens (including phenoxy) is 1. The van der Waals surface area contributed by atoms with E-state index in [1.807, 2.05) is 42.2 Å². The number of amides is 1. The van der Waals surface area contributed by atoms with Gasteiger partial charge in [0.2, 0.25) is 0 Å². The number of anilines is 1. The topological polar surface area (TPSA) is 32.8 Å². The standard InChI is InChI=1S/C21H23F3N2O2/c1-2-19(28-18-9-4-3-5-10-18)20(27)26-13-11-25(12-14-26)17-8-6-7-16(15-17)21(22,23)24/h3-10,15,19H,2,11-14H2,1H3/t19-/m1/s1. The maximum atomic E-state index is 12.9. The summed E-state index contributed by atoms with van der Waals surface area (Å²) >= 11 is 0. The van der Waals surface area contributed by atoms with Crippen molar-refractivity contribution < 1.29 is 22.7 Å². The van der Waals surface area contributed by atoms with Gasteiger partial charge in [-0.1, -0.05) is 31.2 Å². The molecule has 0 spiro atoms. The smallest absolute Gasteiger partial charge is 0.416 e. The number of benzene rings is 2. The van der Waals surface area contributed by atoms with Gasteiger partial charge in [0, 0.05) is 31.9 Å². The highest BCUT2D eigenvalue weighted by molar-refractivity contribution is 5.81. The van der Waals surface area contributed by atoms with Gasteiger partial charge in [-0.05, 0) is 36.8 Å². The Labute approximate surface area is 162 Å². The van der Waals surface area contributed by atoms with Crippen molar-refractivity contribution in [3.8, 4) is 5.75 Å². The van der Waals surface area contributed by atoms with Gasteiger partial charge >= 0.3 is 6.18 Å². The Bertz CT molecular complexity index is 788. The highest BCUT2D eigenvalue weighted by atomic mass is 19.4. The fourth-order valence-corrected chi connectivity index (χ4v) is 3.24. The molecule has 1 saturated heterocycles. The fraction of sp³-hybridized carbons (Fsp3) is 0.381. The molecule has 0 saturated carbocycles. The first kappa shape index (κ1) is 20.0. The number of alkyl halides is 3. The Morgan fingerprint density at radius 3 is 2.32 bits per heavy atom. The second-order valence-electron chi connectivity index (χ2n) is 6.69. The van der Waals surface area contributed by atoms with Gasteiger partial charge in [-0.25, -0.2) is 0 Å². The maximum absolute atomic E-state index is 12.9. The van der Waals surface area contributed by atoms with Crippen LogP contribution in [0.5, 0.6) is 5.75 Å². The number of carbonyl (C=O) groups excluding carboxylic acids is 1. The van der Waals surface area contributed by atoms with Crippen LogP contribution in [0.15, 0.2) is 54.6 Å². The van der Waals surface area contributed by atoms with Gasteiger partial charge in [-0.2, -0.15) is 13.2 Å². The second-order valence-corrected chi connectivity index (χ2v) is 6.69. The van der Waals surface area contributed by atoms with Crippen molar-refractivity contribution in [2.45, 2.75) is 25.6 Å². The molecule has 4 nitrogen and oxygen atoms in total. The first-order valence-electron chi connectivity index (χ1n) is 9.31. The first-order chi connectivity index (χ1) is 13.4. The van der Waals surface area contributed by atoms with E-state index in [9.17, 15) is 18.0 Å². The Balaban J connectivity index is 1.60. The van der Waals surface area contributed by atoms with Crippen molar-refractivity contribution >= 4 is 11.6 Å². The molecule has 2 aromatic rings. The minimum absolute atomic E-state index is 0.0879. The largest absolute Gasteiger partial charge is 0.481 e. The maximum Gasteiger partial charge on any atom is 0.416 e. The predicted octanol–water partition coefficient (Wildman–Crippen LogP) is 4.21. The summed E-state index contributed by atoms with van der Waals surface area (Å²) in [5.41, 5.74) is -0.139. The molecule has 0 unspecified atom stereocenters. The number of rotatable bonds is 5. The first-order valence-corrected chi connectivity index (χ1v) is 9.31. The van der Waals surface area contributed by atoms with E-state index in [1.54, 1.807) is 11.0 Å². The Kier molecular flexibility index (Phi) is 6.11. The molecule has 0 aromatic heterocycles. The molecule has 1 aliphatic rings. The summed E-state index contributed by atoms with van der Waals surface area (Å²) in [6.07, 6.45) is -4.39. The molecule has 1 heterocycles. The molecule has 0 bridgehead atoms. The third-order valence-corrected chi connectivity index (χ3v) is 4.80. The minimum atomic E-state index is -4.36. The number of hydrogen-bond donors (Lipinski definition) is 0. The van der Waals surface area contributed by atoms with Gasteiger partial charge in [-0.15, -0.1) is 0 Å². The van der Waals surface area contributed by atoms with E-state index < -0.39 is 17.8 Å². The number of carbonyl (C=O) groups is 1. The highest BCUT2D eigenvalue weighted by Crippen LogP contribution is 2.32. The number of halogens is 3. The molecule has 1 aliphatic heterocycles. The van der Waals surface area contributed by atoms with Crippen molar-refractivity contribution in [3.05, 3.63) is 60.2 Å². The normalized spacial score (nSPS) is 16.0. The van der Waals surface area contributed by atoms with Crippen LogP contribution in [0.4, 0.5) is 18.9 Å². The third-order valence-electron chi connectivity index (χ3n) is 4.80. The van der Waals surface area contributed by atoms with Crippen molar-refractivity contribution in [2.75, 3.05) is 31.1 Å². The van der Waals surface area contributed by atoms with Crippen LogP contribution < -0.4 is 9.64 Å². The van der Waals surface area contributed by atoms with E-state index in [0.29, 0.717) is 44.0 Å². The van der Waals surface area contributed by atoms with Crippen LogP contribution in [0.3, 0.4) is 0 Å². The van der Waals surface area contributed by atoms with Crippen LogP contribution in [0.2, 0.25) is 0 Å². The van der Waals surface area contributed by atoms with Crippen LogP contribution in [0.25, 0.3) is 0 Å². The summed E-state index contributed by atoms with van der Waals surface area (Å²) < 4.78 is 44.6. The van der Waals surface area contributed by atoms with E-state index in [2.05, 4.69) is 0 Å². The van der Waals surface area contributed by atoms with E-state index in [4.69, 9.17) is 4.74 Å². The van der Waals surface area contributed by atoms with E-state index >= 15 is 0 Å². The number of nitrogens with zero attached hydrogens (tertiary/aromatic N) is 2. The molecule has 1 amide bonds. The number of para-hydroxylation sites is 1. The van der Waals surface area contributed by atoms with Crippen LogP contribution in [0, 0.1) is 0 Å². The molecular weight excluding hydrogens is 369 g/mol. The van der Waals surface area contributed by atoms with Crippen molar-refractivity contribution in [1.82, 2.24) is 4.90 Å². The minimum Gasteiger partial charge on any atom is -0.481 e. The zero-order valence-electron chi connectivity index (χ0n) is 15.7. The molecule has 1 fully saturated rings. The summed E-state index contributed by atoms with van der Waals surface area (Å²) in [6, 6.07) is 14.5. The van der Waals surface area contributed by atoms with E-state index in [-0.39, 0.29) is 5.91 Å². The quantitative estimate of drug-likeness (QED) is 0.764. The monoisotopic (exact) mass is 392 g/mol. The zero-order chi connectivity index (χ0) is 20.1. The lowest BCUT2D eigenvalue weighted by molar-refractivity contribution is -0.139. The average Bonchev–Trinajstić information content (AvgIpc) is 2.72. The Hall–Kier alpha value is -2.70. The van der Waals surface area contributed by atoms with Crippen molar-refractivity contribution in [1.29, 1.82) is 0 Å². The summed E-state index contributed by atoms with van der Waals surface area (Å²) in [5, 5.41) is 0. The molecule has 0 N–H and O–H groups in total. The summed E-state index contributed by atoms with van der Waals surface area (Å²) in [7, 11) is 0. The van der Waals surface area contributed by atoms with Crippen LogP contribution in [-0.2, 0) is 11.0 Å². The van der Waals surface area contributed by atoms with Gasteiger partial charge in [0.25, 0.3) is 5.91 Å². The number of piperazine rings is 1. The van der Waals surface area contributed by atoms with Gasteiger partial charge in [-0.3, -0.25) is 4.79 Å². The summed E-state index contributed by atoms with van der Waals surface area (Å²) in [4.78, 5) is 16.4. The van der Waals surface area contributed by atoms with Gasteiger partial charge in [0.1, 0.15) is 5.75 Å². The molecule has 28 heavy (non-hydrogen) atoms. The van der Waals surface area contributed by atoms with Crippen molar-refractivity contribution in [3.63, 3.8) is 0 Å².